The number of aromatic hydroxyl groups is 2. The first-order valence-corrected chi connectivity index (χ1v) is 5.32. The van der Waals surface area contributed by atoms with Crippen LogP contribution >= 0.6 is 0 Å². The lowest BCUT2D eigenvalue weighted by Crippen LogP contribution is -2.01. The third kappa shape index (κ3) is 2.34. The Balaban J connectivity index is 2.42. The summed E-state index contributed by atoms with van der Waals surface area (Å²) in [5.74, 6) is -0.191. The van der Waals surface area contributed by atoms with E-state index in [9.17, 15) is 10.2 Å². The number of ether oxygens (including phenoxy) is 1. The second-order valence-corrected chi connectivity index (χ2v) is 4.00. The monoisotopic (exact) mass is 262 g/mol. The Hall–Kier alpha value is -2.96. The van der Waals surface area contributed by atoms with Gasteiger partial charge in [-0.1, -0.05) is 0 Å². The van der Waals surface area contributed by atoms with Gasteiger partial charge in [-0.2, -0.15) is 0 Å². The van der Waals surface area contributed by atoms with Crippen molar-refractivity contribution in [3.05, 3.63) is 24.3 Å². The van der Waals surface area contributed by atoms with Crippen molar-refractivity contribution in [3.8, 4) is 23.0 Å². The molecule has 0 aromatic heterocycles. The molecule has 0 saturated carbocycles. The lowest BCUT2D eigenvalue weighted by atomic mass is 10.2. The fourth-order valence-corrected chi connectivity index (χ4v) is 1.58. The van der Waals surface area contributed by atoms with E-state index in [0.29, 0.717) is 0 Å². The maximum absolute atomic E-state index is 9.67. The number of anilines is 4. The van der Waals surface area contributed by atoms with Gasteiger partial charge < -0.3 is 37.9 Å². The van der Waals surface area contributed by atoms with Crippen LogP contribution in [0.25, 0.3) is 0 Å². The van der Waals surface area contributed by atoms with Crippen molar-refractivity contribution in [1.29, 1.82) is 0 Å². The summed E-state index contributed by atoms with van der Waals surface area (Å²) in [4.78, 5) is 0. The molecule has 19 heavy (non-hydrogen) atoms. The fourth-order valence-electron chi connectivity index (χ4n) is 1.58. The van der Waals surface area contributed by atoms with Crippen LogP contribution in [0.4, 0.5) is 22.7 Å². The van der Waals surface area contributed by atoms with Crippen LogP contribution in [-0.2, 0) is 0 Å². The second-order valence-electron chi connectivity index (χ2n) is 4.00. The number of hydrogen-bond donors (Lipinski definition) is 6. The molecule has 7 nitrogen and oxygen atoms in total. The summed E-state index contributed by atoms with van der Waals surface area (Å²) < 4.78 is 5.41. The quantitative estimate of drug-likeness (QED) is 0.444. The number of nitrogens with two attached hydrogens (primary N) is 4. The Kier molecular flexibility index (Phi) is 2.88. The highest BCUT2D eigenvalue weighted by Gasteiger charge is 2.12. The average molecular weight is 262 g/mol. The van der Waals surface area contributed by atoms with Gasteiger partial charge in [0, 0.05) is 24.3 Å². The van der Waals surface area contributed by atoms with Gasteiger partial charge >= 0.3 is 0 Å². The molecule has 0 spiro atoms. The van der Waals surface area contributed by atoms with Crippen LogP contribution in [0.5, 0.6) is 23.0 Å². The molecule has 7 heteroatoms. The van der Waals surface area contributed by atoms with E-state index in [4.69, 9.17) is 27.7 Å². The molecule has 0 saturated heterocycles. The van der Waals surface area contributed by atoms with E-state index in [-0.39, 0.29) is 45.7 Å². The van der Waals surface area contributed by atoms with Gasteiger partial charge in [-0.25, -0.2) is 0 Å². The molecule has 0 atom stereocenters. The van der Waals surface area contributed by atoms with Crippen molar-refractivity contribution in [2.45, 2.75) is 0 Å². The van der Waals surface area contributed by atoms with Gasteiger partial charge in [-0.05, 0) is 0 Å². The number of benzene rings is 2. The minimum absolute atomic E-state index is 0.00127. The molecule has 0 amide bonds. The van der Waals surface area contributed by atoms with Crippen LogP contribution in [0.1, 0.15) is 0 Å². The smallest absolute Gasteiger partial charge is 0.192 e. The van der Waals surface area contributed by atoms with Crippen LogP contribution in [0, 0.1) is 0 Å². The van der Waals surface area contributed by atoms with Crippen LogP contribution in [0.3, 0.4) is 0 Å². The Morgan fingerprint density at radius 1 is 0.789 bits per heavy atom. The third-order valence-corrected chi connectivity index (χ3v) is 2.52. The van der Waals surface area contributed by atoms with Crippen molar-refractivity contribution in [2.24, 2.45) is 0 Å². The van der Waals surface area contributed by atoms with Crippen LogP contribution in [0.2, 0.25) is 0 Å². The molecule has 0 heterocycles. The molecule has 100 valence electrons. The van der Waals surface area contributed by atoms with Crippen LogP contribution in [-0.4, -0.2) is 10.2 Å². The summed E-state index contributed by atoms with van der Waals surface area (Å²) in [6.45, 7) is 0. The largest absolute Gasteiger partial charge is 0.508 e. The first-order valence-electron chi connectivity index (χ1n) is 5.32. The summed E-state index contributed by atoms with van der Waals surface area (Å²) in [6.07, 6.45) is 0. The first kappa shape index (κ1) is 12.5. The van der Waals surface area contributed by atoms with E-state index in [1.165, 1.54) is 18.2 Å². The van der Waals surface area contributed by atoms with Gasteiger partial charge in [0.2, 0.25) is 0 Å². The summed E-state index contributed by atoms with van der Waals surface area (Å²) in [5.41, 5.74) is 23.4. The fraction of sp³-hybridized carbons (Fsp3) is 0. The predicted octanol–water partition coefficient (Wildman–Crippen LogP) is 1.22. The number of hydrogen-bond acceptors (Lipinski definition) is 7. The number of rotatable bonds is 2. The summed E-state index contributed by atoms with van der Waals surface area (Å²) in [7, 11) is 0. The molecule has 2 aromatic carbocycles. The highest BCUT2D eigenvalue weighted by atomic mass is 16.5. The molecule has 0 radical (unpaired) electrons. The predicted molar refractivity (Wildman–Crippen MR) is 73.9 cm³/mol. The Morgan fingerprint density at radius 2 is 1.37 bits per heavy atom. The topological polar surface area (TPSA) is 154 Å². The van der Waals surface area contributed by atoms with Crippen molar-refractivity contribution in [3.63, 3.8) is 0 Å². The molecular weight excluding hydrogens is 248 g/mol. The first-order chi connectivity index (χ1) is 8.88. The summed E-state index contributed by atoms with van der Waals surface area (Å²) in [6, 6.07) is 5.27. The average Bonchev–Trinajstić information content (AvgIpc) is 2.30. The van der Waals surface area contributed by atoms with Gasteiger partial charge in [0.15, 0.2) is 11.5 Å². The van der Waals surface area contributed by atoms with E-state index in [2.05, 4.69) is 0 Å². The van der Waals surface area contributed by atoms with Crippen molar-refractivity contribution >= 4 is 22.7 Å². The maximum Gasteiger partial charge on any atom is 0.192 e. The molecule has 0 unspecified atom stereocenters. The molecule has 0 fully saturated rings. The molecular formula is C12H14N4O3. The van der Waals surface area contributed by atoms with E-state index >= 15 is 0 Å². The van der Waals surface area contributed by atoms with E-state index in [0.717, 1.165) is 6.07 Å². The SMILES string of the molecule is Nc1cc(Oc2c(N)cc(O)cc2O)cc(N)c1N. The Morgan fingerprint density at radius 3 is 1.89 bits per heavy atom. The van der Waals surface area contributed by atoms with Gasteiger partial charge in [-0.15, -0.1) is 0 Å². The molecule has 0 bridgehead atoms. The van der Waals surface area contributed by atoms with Crippen molar-refractivity contribution in [1.82, 2.24) is 0 Å². The van der Waals surface area contributed by atoms with Crippen LogP contribution < -0.4 is 27.7 Å². The van der Waals surface area contributed by atoms with Gasteiger partial charge in [0.25, 0.3) is 0 Å². The summed E-state index contributed by atoms with van der Waals surface area (Å²) in [5, 5.41) is 18.9. The zero-order valence-corrected chi connectivity index (χ0v) is 9.92. The highest BCUT2D eigenvalue weighted by molar-refractivity contribution is 5.79. The van der Waals surface area contributed by atoms with E-state index < -0.39 is 0 Å². The minimum atomic E-state index is -0.300. The number of phenols is 2. The molecule has 0 aliphatic carbocycles. The molecule has 10 N–H and O–H groups in total. The Bertz CT molecular complexity index is 597. The van der Waals surface area contributed by atoms with E-state index in [1.54, 1.807) is 0 Å². The minimum Gasteiger partial charge on any atom is -0.508 e. The zero-order valence-electron chi connectivity index (χ0n) is 9.92. The Labute approximate surface area is 109 Å². The summed E-state index contributed by atoms with van der Waals surface area (Å²) >= 11 is 0. The lowest BCUT2D eigenvalue weighted by molar-refractivity contribution is 0.405. The second kappa shape index (κ2) is 4.37. The standard InChI is InChI=1S/C12H14N4O3/c13-7-3-6(4-8(14)11(7)16)19-12-9(15)1-5(17)2-10(12)18/h1-4,17-18H,13-16H2. The molecule has 0 aliphatic heterocycles. The molecule has 0 aliphatic rings. The van der Waals surface area contributed by atoms with Gasteiger partial charge in [-0.3, -0.25) is 0 Å². The normalized spacial score (nSPS) is 10.3. The molecule has 2 aromatic rings. The zero-order chi connectivity index (χ0) is 14.2. The maximum atomic E-state index is 9.67. The lowest BCUT2D eigenvalue weighted by Gasteiger charge is -2.13. The molecule has 2 rings (SSSR count). The third-order valence-electron chi connectivity index (χ3n) is 2.52. The number of nitrogen functional groups attached to an aromatic ring is 4. The number of phenolic OH excluding ortho intramolecular Hbond substituents is 2. The highest BCUT2D eigenvalue weighted by Crippen LogP contribution is 2.40. The van der Waals surface area contributed by atoms with Crippen molar-refractivity contribution in [2.75, 3.05) is 22.9 Å². The van der Waals surface area contributed by atoms with E-state index in [1.807, 2.05) is 0 Å². The van der Waals surface area contributed by atoms with Gasteiger partial charge in [0.1, 0.15) is 11.5 Å². The van der Waals surface area contributed by atoms with Gasteiger partial charge in [0.05, 0.1) is 22.7 Å². The van der Waals surface area contributed by atoms with Crippen LogP contribution in [0.15, 0.2) is 24.3 Å². The van der Waals surface area contributed by atoms with Crippen molar-refractivity contribution < 1.29 is 14.9 Å².